The van der Waals surface area contributed by atoms with Crippen LogP contribution in [0.5, 0.6) is 0 Å². The molecule has 0 fully saturated rings. The molecule has 0 bridgehead atoms. The number of hydrogen-bond acceptors (Lipinski definition) is 4. The Morgan fingerprint density at radius 1 is 1.27 bits per heavy atom. The van der Waals surface area contributed by atoms with E-state index in [0.717, 1.165) is 23.0 Å². The van der Waals surface area contributed by atoms with Gasteiger partial charge in [0, 0.05) is 35.1 Å². The first-order valence-corrected chi connectivity index (χ1v) is 7.19. The third-order valence-corrected chi connectivity index (χ3v) is 3.74. The highest BCUT2D eigenvalue weighted by molar-refractivity contribution is 8.02. The molecule has 0 aromatic heterocycles. The number of aliphatic hydroxyl groups is 1. The Kier molecular flexibility index (Phi) is 10.3. The predicted molar refractivity (Wildman–Crippen MR) is 69.6 cm³/mol. The van der Waals surface area contributed by atoms with Crippen molar-refractivity contribution in [2.45, 2.75) is 6.92 Å². The Hall–Kier alpha value is -0.130. The molecule has 0 aliphatic heterocycles. The summed E-state index contributed by atoms with van der Waals surface area (Å²) in [6.07, 6.45) is 0. The van der Waals surface area contributed by atoms with Gasteiger partial charge in [-0.2, -0.15) is 23.5 Å². The van der Waals surface area contributed by atoms with Gasteiger partial charge in [-0.05, 0) is 6.92 Å². The largest absolute Gasteiger partial charge is 0.396 e. The summed E-state index contributed by atoms with van der Waals surface area (Å²) >= 11 is 3.56. The Bertz CT molecular complexity index is 198. The zero-order valence-electron chi connectivity index (χ0n) is 9.12. The first kappa shape index (κ1) is 14.9. The van der Waals surface area contributed by atoms with Crippen molar-refractivity contribution in [3.63, 3.8) is 0 Å². The molecule has 0 spiro atoms. The Balaban J connectivity index is 3.11. The molecule has 0 heterocycles. The molecule has 3 nitrogen and oxygen atoms in total. The van der Waals surface area contributed by atoms with E-state index in [1.54, 1.807) is 18.7 Å². The molecule has 0 aromatic rings. The van der Waals surface area contributed by atoms with Gasteiger partial charge in [-0.15, -0.1) is 0 Å². The second kappa shape index (κ2) is 10.4. The first-order chi connectivity index (χ1) is 7.18. The summed E-state index contributed by atoms with van der Waals surface area (Å²) in [7, 11) is 0. The number of hydrogen-bond donors (Lipinski definition) is 2. The molecule has 2 N–H and O–H groups in total. The zero-order valence-corrected chi connectivity index (χ0v) is 10.8. The maximum Gasteiger partial charge on any atom is 0.246 e. The number of thioether (sulfide) groups is 2. The lowest BCUT2D eigenvalue weighted by molar-refractivity contribution is -0.117. The second-order valence-electron chi connectivity index (χ2n) is 2.98. The Labute approximate surface area is 100 Å². The highest BCUT2D eigenvalue weighted by atomic mass is 32.2. The normalized spacial score (nSPS) is 10.0. The van der Waals surface area contributed by atoms with Crippen LogP contribution in [0.15, 0.2) is 12.2 Å². The monoisotopic (exact) mass is 249 g/mol. The SMILES string of the molecule is C=C(C)C(=O)NCCSCCSCCO. The molecular formula is C10H19NO2S2. The molecule has 0 radical (unpaired) electrons. The molecule has 0 rings (SSSR count). The van der Waals surface area contributed by atoms with Crippen molar-refractivity contribution in [1.82, 2.24) is 5.32 Å². The number of nitrogens with one attached hydrogen (secondary N) is 1. The molecule has 0 aliphatic rings. The smallest absolute Gasteiger partial charge is 0.246 e. The van der Waals surface area contributed by atoms with E-state index < -0.39 is 0 Å². The van der Waals surface area contributed by atoms with Gasteiger partial charge in [0.05, 0.1) is 6.61 Å². The van der Waals surface area contributed by atoms with E-state index in [0.29, 0.717) is 12.1 Å². The van der Waals surface area contributed by atoms with Crippen LogP contribution in [0.2, 0.25) is 0 Å². The summed E-state index contributed by atoms with van der Waals surface area (Å²) < 4.78 is 0. The van der Waals surface area contributed by atoms with Crippen LogP contribution in [0.25, 0.3) is 0 Å². The molecule has 0 aliphatic carbocycles. The Morgan fingerprint density at radius 3 is 2.40 bits per heavy atom. The fraction of sp³-hybridized carbons (Fsp3) is 0.700. The molecular weight excluding hydrogens is 230 g/mol. The van der Waals surface area contributed by atoms with Crippen molar-refractivity contribution in [2.75, 3.05) is 36.2 Å². The summed E-state index contributed by atoms with van der Waals surface area (Å²) in [6, 6.07) is 0. The van der Waals surface area contributed by atoms with Gasteiger partial charge >= 0.3 is 0 Å². The summed E-state index contributed by atoms with van der Waals surface area (Å²) in [5.74, 6) is 3.80. The van der Waals surface area contributed by atoms with E-state index >= 15 is 0 Å². The average molecular weight is 249 g/mol. The van der Waals surface area contributed by atoms with Crippen molar-refractivity contribution < 1.29 is 9.90 Å². The van der Waals surface area contributed by atoms with E-state index in [-0.39, 0.29) is 12.5 Å². The molecule has 88 valence electrons. The maximum absolute atomic E-state index is 11.1. The van der Waals surface area contributed by atoms with Gasteiger partial charge in [-0.25, -0.2) is 0 Å². The number of carbonyl (C=O) groups excluding carboxylic acids is 1. The van der Waals surface area contributed by atoms with Crippen molar-refractivity contribution in [2.24, 2.45) is 0 Å². The van der Waals surface area contributed by atoms with Crippen LogP contribution in [0.1, 0.15) is 6.92 Å². The lowest BCUT2D eigenvalue weighted by Crippen LogP contribution is -2.26. The van der Waals surface area contributed by atoms with Crippen LogP contribution in [-0.4, -0.2) is 47.2 Å². The van der Waals surface area contributed by atoms with Crippen LogP contribution in [0, 0.1) is 0 Å². The zero-order chi connectivity index (χ0) is 11.5. The molecule has 0 unspecified atom stereocenters. The fourth-order valence-corrected chi connectivity index (χ4v) is 2.50. The number of aliphatic hydroxyl groups excluding tert-OH is 1. The molecule has 0 atom stereocenters. The summed E-state index contributed by atoms with van der Waals surface area (Å²) in [6.45, 7) is 6.21. The summed E-state index contributed by atoms with van der Waals surface area (Å²) in [4.78, 5) is 11.1. The lowest BCUT2D eigenvalue weighted by atomic mass is 10.3. The van der Waals surface area contributed by atoms with Gasteiger partial charge in [0.2, 0.25) is 5.91 Å². The van der Waals surface area contributed by atoms with Crippen molar-refractivity contribution in [3.8, 4) is 0 Å². The van der Waals surface area contributed by atoms with Crippen LogP contribution in [0.4, 0.5) is 0 Å². The van der Waals surface area contributed by atoms with Crippen LogP contribution >= 0.6 is 23.5 Å². The van der Waals surface area contributed by atoms with Gasteiger partial charge in [0.1, 0.15) is 0 Å². The third-order valence-electron chi connectivity index (χ3n) is 1.53. The highest BCUT2D eigenvalue weighted by Crippen LogP contribution is 2.05. The molecule has 0 saturated heterocycles. The third kappa shape index (κ3) is 10.2. The predicted octanol–water partition coefficient (Wildman–Crippen LogP) is 1.14. The molecule has 0 saturated carbocycles. The fourth-order valence-electron chi connectivity index (χ4n) is 0.774. The van der Waals surface area contributed by atoms with Crippen molar-refractivity contribution in [3.05, 3.63) is 12.2 Å². The van der Waals surface area contributed by atoms with Crippen LogP contribution in [-0.2, 0) is 4.79 Å². The summed E-state index contributed by atoms with van der Waals surface area (Å²) in [5.41, 5.74) is 0.554. The van der Waals surface area contributed by atoms with Crippen molar-refractivity contribution in [1.29, 1.82) is 0 Å². The van der Waals surface area contributed by atoms with Gasteiger partial charge in [0.25, 0.3) is 0 Å². The number of amides is 1. The topological polar surface area (TPSA) is 49.3 Å². The minimum absolute atomic E-state index is 0.0646. The number of carbonyl (C=O) groups is 1. The molecule has 5 heteroatoms. The quantitative estimate of drug-likeness (QED) is 0.475. The minimum atomic E-state index is -0.0646. The number of rotatable bonds is 9. The molecule has 15 heavy (non-hydrogen) atoms. The molecule has 1 amide bonds. The Morgan fingerprint density at radius 2 is 1.87 bits per heavy atom. The maximum atomic E-state index is 11.1. The van der Waals surface area contributed by atoms with Gasteiger partial charge in [0.15, 0.2) is 0 Å². The van der Waals surface area contributed by atoms with Gasteiger partial charge < -0.3 is 10.4 Å². The average Bonchev–Trinajstić information content (AvgIpc) is 2.21. The first-order valence-electron chi connectivity index (χ1n) is 4.88. The van der Waals surface area contributed by atoms with Crippen molar-refractivity contribution >= 4 is 29.4 Å². The standard InChI is InChI=1S/C10H19NO2S2/c1-9(2)10(13)11-3-5-14-7-8-15-6-4-12/h12H,1,3-8H2,2H3,(H,11,13). The van der Waals surface area contributed by atoms with E-state index in [2.05, 4.69) is 11.9 Å². The second-order valence-corrected chi connectivity index (χ2v) is 5.43. The highest BCUT2D eigenvalue weighted by Gasteiger charge is 1.99. The lowest BCUT2D eigenvalue weighted by Gasteiger charge is -2.04. The summed E-state index contributed by atoms with van der Waals surface area (Å²) in [5, 5.41) is 11.3. The molecule has 0 aromatic carbocycles. The van der Waals surface area contributed by atoms with Crippen LogP contribution in [0.3, 0.4) is 0 Å². The van der Waals surface area contributed by atoms with E-state index in [1.165, 1.54) is 0 Å². The van der Waals surface area contributed by atoms with Crippen LogP contribution < -0.4 is 5.32 Å². The van der Waals surface area contributed by atoms with Gasteiger partial charge in [-0.1, -0.05) is 6.58 Å². The van der Waals surface area contributed by atoms with E-state index in [4.69, 9.17) is 5.11 Å². The van der Waals surface area contributed by atoms with E-state index in [9.17, 15) is 4.79 Å². The minimum Gasteiger partial charge on any atom is -0.396 e. The van der Waals surface area contributed by atoms with Gasteiger partial charge in [-0.3, -0.25) is 4.79 Å². The van der Waals surface area contributed by atoms with E-state index in [1.807, 2.05) is 11.8 Å².